The van der Waals surface area contributed by atoms with E-state index >= 15 is 0 Å². The van der Waals surface area contributed by atoms with Gasteiger partial charge in [-0.3, -0.25) is 9.59 Å². The van der Waals surface area contributed by atoms with Gasteiger partial charge in [0.1, 0.15) is 6.61 Å². The Morgan fingerprint density at radius 3 is 2.35 bits per heavy atom. The number of ether oxygens (including phenoxy) is 1. The molecule has 8 heteroatoms. The van der Waals surface area contributed by atoms with Gasteiger partial charge in [-0.05, 0) is 41.5 Å². The van der Waals surface area contributed by atoms with E-state index in [0.29, 0.717) is 25.1 Å². The molecule has 2 aromatic rings. The number of benzene rings is 2. The van der Waals surface area contributed by atoms with Gasteiger partial charge < -0.3 is 20.5 Å². The molecule has 1 saturated carbocycles. The lowest BCUT2D eigenvalue weighted by Gasteiger charge is -2.27. The van der Waals surface area contributed by atoms with Gasteiger partial charge in [-0.15, -0.1) is 0 Å². The Kier molecular flexibility index (Phi) is 8.11. The summed E-state index contributed by atoms with van der Waals surface area (Å²) in [5.41, 5.74) is 4.72. The quantitative estimate of drug-likeness (QED) is 0.467. The number of nitrogens with one attached hydrogen (secondary N) is 2. The van der Waals surface area contributed by atoms with Gasteiger partial charge in [0, 0.05) is 24.3 Å². The predicted octanol–water partition coefficient (Wildman–Crippen LogP) is 4.02. The fourth-order valence-corrected chi connectivity index (χ4v) is 5.51. The van der Waals surface area contributed by atoms with Crippen LogP contribution < -0.4 is 10.6 Å². The summed E-state index contributed by atoms with van der Waals surface area (Å²) < 4.78 is 5.51. The Hall–Kier alpha value is -3.00. The Morgan fingerprint density at radius 2 is 1.68 bits per heavy atom. The molecule has 4 rings (SSSR count). The second-order valence-corrected chi connectivity index (χ2v) is 9.88. The molecule has 1 fully saturated rings. The predicted molar refractivity (Wildman–Crippen MR) is 132 cm³/mol. The summed E-state index contributed by atoms with van der Waals surface area (Å²) in [6.07, 6.45) is 2.35. The molecule has 2 atom stereocenters. The zero-order valence-electron chi connectivity index (χ0n) is 19.0. The van der Waals surface area contributed by atoms with E-state index in [-0.39, 0.29) is 36.1 Å². The molecular formula is C26H30N2O5S. The molecule has 2 aliphatic rings. The number of hydrogen-bond donors (Lipinski definition) is 3. The lowest BCUT2D eigenvalue weighted by atomic mass is 9.86. The largest absolute Gasteiger partial charge is 0.481 e. The van der Waals surface area contributed by atoms with Gasteiger partial charge in [0.2, 0.25) is 5.91 Å². The number of carboxylic acids is 1. The van der Waals surface area contributed by atoms with E-state index in [9.17, 15) is 14.4 Å². The van der Waals surface area contributed by atoms with E-state index in [4.69, 9.17) is 9.84 Å². The number of rotatable bonds is 9. The number of amides is 2. The maximum absolute atomic E-state index is 12.2. The summed E-state index contributed by atoms with van der Waals surface area (Å²) >= 11 is 1.43. The van der Waals surface area contributed by atoms with Crippen molar-refractivity contribution in [3.05, 3.63) is 59.7 Å². The highest BCUT2D eigenvalue weighted by Crippen LogP contribution is 2.44. The molecule has 7 nitrogen and oxygen atoms in total. The molecular weight excluding hydrogens is 452 g/mol. The fourth-order valence-electron chi connectivity index (χ4n) is 4.85. The van der Waals surface area contributed by atoms with Crippen LogP contribution in [0.15, 0.2) is 48.5 Å². The van der Waals surface area contributed by atoms with Crippen molar-refractivity contribution in [1.29, 1.82) is 0 Å². The lowest BCUT2D eigenvalue weighted by Crippen LogP contribution is -2.40. The van der Waals surface area contributed by atoms with Gasteiger partial charge in [0.15, 0.2) is 0 Å². The van der Waals surface area contributed by atoms with Crippen molar-refractivity contribution in [2.45, 2.75) is 37.6 Å². The van der Waals surface area contributed by atoms with Gasteiger partial charge >= 0.3 is 12.1 Å². The van der Waals surface area contributed by atoms with Crippen LogP contribution in [0.2, 0.25) is 0 Å². The maximum atomic E-state index is 12.2. The monoisotopic (exact) mass is 482 g/mol. The minimum absolute atomic E-state index is 0.0248. The number of carboxylic acid groups (broad SMARTS) is 1. The first kappa shape index (κ1) is 24.1. The lowest BCUT2D eigenvalue weighted by molar-refractivity contribution is -0.143. The Labute approximate surface area is 203 Å². The summed E-state index contributed by atoms with van der Waals surface area (Å²) in [4.78, 5) is 35.5. The molecule has 34 heavy (non-hydrogen) atoms. The van der Waals surface area contributed by atoms with Crippen LogP contribution in [0.25, 0.3) is 11.1 Å². The van der Waals surface area contributed by atoms with Crippen LogP contribution in [0, 0.1) is 5.92 Å². The topological polar surface area (TPSA) is 105 Å². The van der Waals surface area contributed by atoms with Gasteiger partial charge in [0.25, 0.3) is 0 Å². The van der Waals surface area contributed by atoms with Crippen LogP contribution in [0.5, 0.6) is 0 Å². The summed E-state index contributed by atoms with van der Waals surface area (Å²) in [5.74, 6) is -0.361. The Balaban J connectivity index is 1.13. The van der Waals surface area contributed by atoms with Crippen LogP contribution in [0.1, 0.15) is 42.7 Å². The van der Waals surface area contributed by atoms with E-state index in [1.165, 1.54) is 34.0 Å². The SMILES string of the molecule is O=C(CSCCNC(=O)OCC1c2ccccc2-c2ccccc21)N[C@H]1CCC[C@@H](C(=O)O)C1. The molecule has 0 saturated heterocycles. The highest BCUT2D eigenvalue weighted by molar-refractivity contribution is 7.99. The summed E-state index contributed by atoms with van der Waals surface area (Å²) in [6.45, 7) is 0.674. The maximum Gasteiger partial charge on any atom is 0.407 e. The first-order valence-corrected chi connectivity index (χ1v) is 12.9. The van der Waals surface area contributed by atoms with Gasteiger partial charge in [-0.1, -0.05) is 55.0 Å². The van der Waals surface area contributed by atoms with E-state index in [1.54, 1.807) is 0 Å². The zero-order chi connectivity index (χ0) is 23.9. The summed E-state index contributed by atoms with van der Waals surface area (Å²) in [5, 5.41) is 14.8. The molecule has 0 aliphatic heterocycles. The van der Waals surface area contributed by atoms with Crippen LogP contribution in [-0.4, -0.2) is 53.8 Å². The number of thioether (sulfide) groups is 1. The third kappa shape index (κ3) is 5.91. The van der Waals surface area contributed by atoms with E-state index in [2.05, 4.69) is 34.9 Å². The van der Waals surface area contributed by atoms with Crippen molar-refractivity contribution in [3.63, 3.8) is 0 Å². The van der Waals surface area contributed by atoms with Crippen molar-refractivity contribution in [1.82, 2.24) is 10.6 Å². The number of hydrogen-bond acceptors (Lipinski definition) is 5. The van der Waals surface area contributed by atoms with Crippen molar-refractivity contribution in [2.75, 3.05) is 24.7 Å². The minimum atomic E-state index is -0.785. The van der Waals surface area contributed by atoms with Crippen molar-refractivity contribution < 1.29 is 24.2 Å². The summed E-state index contributed by atoms with van der Waals surface area (Å²) in [6, 6.07) is 16.3. The van der Waals surface area contributed by atoms with Crippen molar-refractivity contribution in [2.24, 2.45) is 5.92 Å². The first-order valence-electron chi connectivity index (χ1n) is 11.7. The molecule has 3 N–H and O–H groups in total. The fraction of sp³-hybridized carbons (Fsp3) is 0.423. The average Bonchev–Trinajstić information content (AvgIpc) is 3.16. The molecule has 2 amide bonds. The summed E-state index contributed by atoms with van der Waals surface area (Å²) in [7, 11) is 0. The number of aliphatic carboxylic acids is 1. The van der Waals surface area contributed by atoms with Crippen molar-refractivity contribution in [3.8, 4) is 11.1 Å². The van der Waals surface area contributed by atoms with Crippen LogP contribution in [0.4, 0.5) is 4.79 Å². The molecule has 0 bridgehead atoms. The average molecular weight is 483 g/mol. The van der Waals surface area contributed by atoms with E-state index < -0.39 is 12.1 Å². The highest BCUT2D eigenvalue weighted by atomic mass is 32.2. The van der Waals surface area contributed by atoms with E-state index in [0.717, 1.165) is 12.8 Å². The smallest absolute Gasteiger partial charge is 0.407 e. The van der Waals surface area contributed by atoms with Gasteiger partial charge in [0.05, 0.1) is 11.7 Å². The number of carbonyl (C=O) groups excluding carboxylic acids is 2. The van der Waals surface area contributed by atoms with Crippen LogP contribution in [0.3, 0.4) is 0 Å². The molecule has 0 unspecified atom stereocenters. The van der Waals surface area contributed by atoms with Gasteiger partial charge in [-0.25, -0.2) is 4.79 Å². The third-order valence-electron chi connectivity index (χ3n) is 6.48. The van der Waals surface area contributed by atoms with E-state index in [1.807, 2.05) is 24.3 Å². The number of fused-ring (bicyclic) bond motifs is 3. The molecule has 0 aromatic heterocycles. The van der Waals surface area contributed by atoms with Crippen molar-refractivity contribution >= 4 is 29.7 Å². The molecule has 0 radical (unpaired) electrons. The van der Waals surface area contributed by atoms with Crippen LogP contribution >= 0.6 is 11.8 Å². The second kappa shape index (κ2) is 11.4. The van der Waals surface area contributed by atoms with Gasteiger partial charge in [-0.2, -0.15) is 11.8 Å². The molecule has 180 valence electrons. The molecule has 2 aromatic carbocycles. The second-order valence-electron chi connectivity index (χ2n) is 8.77. The Morgan fingerprint density at radius 1 is 1.00 bits per heavy atom. The standard InChI is InChI=1S/C26H30N2O5S/c29-24(28-18-7-5-6-17(14-18)25(30)31)16-34-13-12-27-26(32)33-15-23-21-10-3-1-8-19(21)20-9-2-4-11-22(20)23/h1-4,8-11,17-18,23H,5-7,12-16H2,(H,27,32)(H,28,29)(H,30,31)/t17-,18+/m1/s1. The normalized spacial score (nSPS) is 19.1. The Bertz CT molecular complexity index is 998. The molecule has 2 aliphatic carbocycles. The highest BCUT2D eigenvalue weighted by Gasteiger charge is 2.29. The molecule has 0 heterocycles. The number of carbonyl (C=O) groups is 3. The number of alkyl carbamates (subject to hydrolysis) is 1. The zero-order valence-corrected chi connectivity index (χ0v) is 19.8. The third-order valence-corrected chi connectivity index (χ3v) is 7.44. The first-order chi connectivity index (χ1) is 16.5. The van der Waals surface area contributed by atoms with Crippen LogP contribution in [-0.2, 0) is 14.3 Å². The minimum Gasteiger partial charge on any atom is -0.481 e. The molecule has 0 spiro atoms.